The van der Waals surface area contributed by atoms with Crippen LogP contribution in [0.3, 0.4) is 0 Å². The predicted molar refractivity (Wildman–Crippen MR) is 108 cm³/mol. The Morgan fingerprint density at radius 2 is 2.03 bits per heavy atom. The van der Waals surface area contributed by atoms with Gasteiger partial charge in [-0.15, -0.1) is 0 Å². The number of allylic oxidation sites excluding steroid dienone is 6. The molecule has 30 heavy (non-hydrogen) atoms. The molecule has 0 radical (unpaired) electrons. The van der Waals surface area contributed by atoms with Gasteiger partial charge in [0.25, 0.3) is 0 Å². The Hall–Kier alpha value is -2.08. The van der Waals surface area contributed by atoms with Crippen molar-refractivity contribution < 1.29 is 28.6 Å². The monoisotopic (exact) mass is 416 g/mol. The number of aliphatic hydroxyl groups is 1. The predicted octanol–water partition coefficient (Wildman–Crippen LogP) is 3.62. The first-order valence-electron chi connectivity index (χ1n) is 10.7. The van der Waals surface area contributed by atoms with Crippen LogP contribution in [0.1, 0.15) is 53.4 Å². The summed E-state index contributed by atoms with van der Waals surface area (Å²) in [6.07, 6.45) is 5.75. The first-order chi connectivity index (χ1) is 14.0. The van der Waals surface area contributed by atoms with Crippen LogP contribution < -0.4 is 0 Å². The molecule has 4 aliphatic carbocycles. The van der Waals surface area contributed by atoms with E-state index in [0.717, 1.165) is 5.57 Å². The maximum absolute atomic E-state index is 17.0. The van der Waals surface area contributed by atoms with Gasteiger partial charge in [-0.2, -0.15) is 0 Å². The molecular formula is C24H29FO5. The number of ketones is 1. The Morgan fingerprint density at radius 1 is 1.33 bits per heavy atom. The molecule has 3 fully saturated rings. The van der Waals surface area contributed by atoms with E-state index in [9.17, 15) is 19.5 Å². The third-order valence-corrected chi connectivity index (χ3v) is 8.37. The van der Waals surface area contributed by atoms with Gasteiger partial charge < -0.3 is 9.84 Å². The van der Waals surface area contributed by atoms with E-state index in [0.29, 0.717) is 31.1 Å². The molecule has 0 amide bonds. The van der Waals surface area contributed by atoms with E-state index in [4.69, 9.17) is 4.74 Å². The van der Waals surface area contributed by atoms with Gasteiger partial charge in [-0.25, -0.2) is 4.39 Å². The van der Waals surface area contributed by atoms with Crippen molar-refractivity contribution in [3.8, 4) is 0 Å². The molecule has 0 aromatic carbocycles. The quantitative estimate of drug-likeness (QED) is 0.322. The lowest BCUT2D eigenvalue weighted by Gasteiger charge is -2.61. The van der Waals surface area contributed by atoms with E-state index in [1.807, 2.05) is 13.8 Å². The molecule has 0 spiro atoms. The highest BCUT2D eigenvalue weighted by Crippen LogP contribution is 2.69. The molecule has 6 heteroatoms. The summed E-state index contributed by atoms with van der Waals surface area (Å²) < 4.78 is 22.2. The van der Waals surface area contributed by atoms with Crippen molar-refractivity contribution in [1.82, 2.24) is 0 Å². The summed E-state index contributed by atoms with van der Waals surface area (Å²) in [6, 6.07) is 0. The molecule has 0 bridgehead atoms. The maximum atomic E-state index is 17.0. The summed E-state index contributed by atoms with van der Waals surface area (Å²) in [5.74, 6) is -1.32. The maximum Gasteiger partial charge on any atom is 0.308 e. The molecule has 0 heterocycles. The second-order valence-electron chi connectivity index (χ2n) is 9.89. The van der Waals surface area contributed by atoms with Crippen LogP contribution in [0.5, 0.6) is 0 Å². The van der Waals surface area contributed by atoms with Crippen LogP contribution in [0.15, 0.2) is 35.1 Å². The van der Waals surface area contributed by atoms with Crippen molar-refractivity contribution in [3.05, 3.63) is 35.1 Å². The van der Waals surface area contributed by atoms with Gasteiger partial charge >= 0.3 is 5.97 Å². The molecule has 0 unspecified atom stereocenters. The number of carbonyl (C=O) groups excluding carboxylic acids is 3. The van der Waals surface area contributed by atoms with Crippen molar-refractivity contribution in [2.24, 2.45) is 28.6 Å². The highest BCUT2D eigenvalue weighted by Gasteiger charge is 2.70. The number of esters is 1. The topological polar surface area (TPSA) is 80.7 Å². The summed E-state index contributed by atoms with van der Waals surface area (Å²) in [5.41, 5.74) is -2.14. The molecule has 0 saturated heterocycles. The third-order valence-electron chi connectivity index (χ3n) is 8.37. The minimum Gasteiger partial charge on any atom is -0.423 e. The van der Waals surface area contributed by atoms with E-state index in [1.165, 1.54) is 19.1 Å². The zero-order valence-corrected chi connectivity index (χ0v) is 17.9. The van der Waals surface area contributed by atoms with Crippen LogP contribution >= 0.6 is 0 Å². The van der Waals surface area contributed by atoms with Gasteiger partial charge in [0.15, 0.2) is 23.5 Å². The molecular weight excluding hydrogens is 387 g/mol. The van der Waals surface area contributed by atoms with Crippen LogP contribution in [0, 0.1) is 28.6 Å². The number of fused-ring (bicyclic) bond motifs is 5. The Balaban J connectivity index is 1.83. The number of aldehydes is 1. The second kappa shape index (κ2) is 6.71. The summed E-state index contributed by atoms with van der Waals surface area (Å²) in [6.45, 7) is 6.95. The molecule has 7 atom stereocenters. The normalized spacial score (nSPS) is 46.3. The molecule has 3 saturated carbocycles. The van der Waals surface area contributed by atoms with Crippen LogP contribution in [-0.2, 0) is 19.1 Å². The molecule has 1 N–H and O–H groups in total. The number of ether oxygens (including phenoxy) is 1. The number of carbonyl (C=O) groups is 3. The number of rotatable bonds is 2. The van der Waals surface area contributed by atoms with Crippen molar-refractivity contribution in [2.45, 2.75) is 65.2 Å². The van der Waals surface area contributed by atoms with Crippen molar-refractivity contribution in [1.29, 1.82) is 0 Å². The first-order valence-corrected chi connectivity index (χ1v) is 10.7. The Kier molecular flexibility index (Phi) is 4.73. The molecule has 0 aromatic rings. The van der Waals surface area contributed by atoms with Gasteiger partial charge in [-0.1, -0.05) is 25.5 Å². The minimum absolute atomic E-state index is 0.00400. The van der Waals surface area contributed by atoms with Crippen molar-refractivity contribution >= 4 is 18.0 Å². The van der Waals surface area contributed by atoms with E-state index >= 15 is 4.39 Å². The Morgan fingerprint density at radius 3 is 2.67 bits per heavy atom. The lowest BCUT2D eigenvalue weighted by molar-refractivity contribution is -0.184. The minimum atomic E-state index is -1.91. The van der Waals surface area contributed by atoms with Gasteiger partial charge in [0.1, 0.15) is 0 Å². The fourth-order valence-corrected chi connectivity index (χ4v) is 7.19. The average Bonchev–Trinajstić information content (AvgIpc) is 2.91. The van der Waals surface area contributed by atoms with Gasteiger partial charge in [-0.05, 0) is 67.6 Å². The van der Waals surface area contributed by atoms with E-state index < -0.39 is 34.5 Å². The largest absolute Gasteiger partial charge is 0.423 e. The highest BCUT2D eigenvalue weighted by molar-refractivity contribution is 6.01. The zero-order valence-electron chi connectivity index (χ0n) is 17.9. The summed E-state index contributed by atoms with van der Waals surface area (Å²) >= 11 is 0. The standard InChI is InChI=1S/C24H29FO5/c1-13-9-18-17-6-5-15-10-16(28)7-8-23(15,4)24(17,25)20(29)11-22(18,3)21(13)19(12-26)30-14(2)27/h7-8,10,12-13,17-18,20,29H,5-6,9,11H2,1-4H3/t13-,17+,18+,20+,22+,23+,24+/m1/s1. The molecule has 0 aromatic heterocycles. The Bertz CT molecular complexity index is 917. The summed E-state index contributed by atoms with van der Waals surface area (Å²) in [5, 5.41) is 11.2. The number of halogens is 1. The summed E-state index contributed by atoms with van der Waals surface area (Å²) in [7, 11) is 0. The highest BCUT2D eigenvalue weighted by atomic mass is 19.1. The molecule has 4 rings (SSSR count). The second-order valence-corrected chi connectivity index (χ2v) is 9.89. The van der Waals surface area contributed by atoms with Crippen LogP contribution in [0.4, 0.5) is 4.39 Å². The van der Waals surface area contributed by atoms with Crippen LogP contribution in [0.25, 0.3) is 0 Å². The first kappa shape index (κ1) is 21.2. The Labute approximate surface area is 176 Å². The molecule has 5 nitrogen and oxygen atoms in total. The summed E-state index contributed by atoms with van der Waals surface area (Å²) in [4.78, 5) is 35.2. The van der Waals surface area contributed by atoms with Crippen molar-refractivity contribution in [3.63, 3.8) is 0 Å². The molecule has 4 aliphatic rings. The lowest BCUT2D eigenvalue weighted by atomic mass is 9.45. The number of alkyl halides is 1. The fourth-order valence-electron chi connectivity index (χ4n) is 7.19. The smallest absolute Gasteiger partial charge is 0.308 e. The lowest BCUT2D eigenvalue weighted by Crippen LogP contribution is -2.66. The number of hydrogen-bond acceptors (Lipinski definition) is 5. The van der Waals surface area contributed by atoms with Gasteiger partial charge in [0.05, 0.1) is 6.10 Å². The van der Waals surface area contributed by atoms with E-state index in [2.05, 4.69) is 0 Å². The zero-order chi connectivity index (χ0) is 22.1. The number of aliphatic hydroxyl groups excluding tert-OH is 1. The SMILES string of the molecule is CC(=O)OC(C=O)=C1[C@H](C)C[C@H]2[C@@H]3CCC4=CC(=O)C=C[C@]4(C)[C@@]3(F)[C@@H](O)C[C@]12C. The fraction of sp³-hybridized carbons (Fsp3) is 0.625. The van der Waals surface area contributed by atoms with Crippen LogP contribution in [0.2, 0.25) is 0 Å². The number of hydrogen-bond donors (Lipinski definition) is 1. The van der Waals surface area contributed by atoms with Gasteiger partial charge in [0.2, 0.25) is 0 Å². The van der Waals surface area contributed by atoms with Crippen molar-refractivity contribution in [2.75, 3.05) is 0 Å². The van der Waals surface area contributed by atoms with Gasteiger partial charge in [0, 0.05) is 18.3 Å². The third kappa shape index (κ3) is 2.58. The van der Waals surface area contributed by atoms with E-state index in [-0.39, 0.29) is 29.8 Å². The van der Waals surface area contributed by atoms with Crippen LogP contribution in [-0.4, -0.2) is 34.9 Å². The molecule has 0 aliphatic heterocycles. The van der Waals surface area contributed by atoms with Gasteiger partial charge in [-0.3, -0.25) is 14.4 Å². The van der Waals surface area contributed by atoms with E-state index in [1.54, 1.807) is 13.0 Å². The molecule has 162 valence electrons. The average molecular weight is 416 g/mol.